The molecule has 238 valence electrons. The molecule has 0 saturated carbocycles. The molecule has 1 heterocycles. The van der Waals surface area contributed by atoms with E-state index in [-0.39, 0.29) is 41.8 Å². The summed E-state index contributed by atoms with van der Waals surface area (Å²) in [6, 6.07) is 42.2. The van der Waals surface area contributed by atoms with Gasteiger partial charge in [-0.05, 0) is 95.4 Å². The van der Waals surface area contributed by atoms with E-state index in [0.29, 0.717) is 33.4 Å². The van der Waals surface area contributed by atoms with Crippen molar-refractivity contribution in [2.24, 2.45) is 0 Å². The van der Waals surface area contributed by atoms with Crippen molar-refractivity contribution in [2.75, 3.05) is 0 Å². The van der Waals surface area contributed by atoms with E-state index in [4.69, 9.17) is 14.0 Å². The van der Waals surface area contributed by atoms with Gasteiger partial charge in [0.25, 0.3) is 0 Å². The van der Waals surface area contributed by atoms with Crippen LogP contribution < -0.4 is 0 Å². The lowest BCUT2D eigenvalue weighted by Crippen LogP contribution is -1.95. The first-order valence-electron chi connectivity index (χ1n) is 21.3. The summed E-state index contributed by atoms with van der Waals surface area (Å²) in [5.74, 6) is 0. The molecular weight excluding hydrogens is 617 g/mol. The molecule has 0 amide bonds. The van der Waals surface area contributed by atoms with Crippen LogP contribution in [-0.4, -0.2) is 0 Å². The lowest BCUT2D eigenvalue weighted by molar-refractivity contribution is 0.669. The predicted octanol–water partition coefficient (Wildman–Crippen LogP) is 14.2. The Balaban J connectivity index is 1.33. The summed E-state index contributed by atoms with van der Waals surface area (Å²) in [5, 5.41) is 4.94. The van der Waals surface area contributed by atoms with Crippen LogP contribution in [-0.2, 0) is 0 Å². The van der Waals surface area contributed by atoms with Crippen LogP contribution >= 0.6 is 0 Å². The minimum absolute atomic E-state index is 0.0328. The third-order valence-electron chi connectivity index (χ3n) is 9.67. The zero-order valence-electron chi connectivity index (χ0n) is 36.2. The molecule has 10 aromatic rings. The summed E-state index contributed by atoms with van der Waals surface area (Å²) in [4.78, 5) is 0. The Bertz CT molecular complexity index is 3260. The molecule has 51 heavy (non-hydrogen) atoms. The average Bonchev–Trinajstić information content (AvgIpc) is 3.64. The molecule has 1 aromatic heterocycles. The van der Waals surface area contributed by atoms with Crippen molar-refractivity contribution in [1.82, 2.24) is 0 Å². The molecular formula is C50H32O. The van der Waals surface area contributed by atoms with E-state index >= 15 is 0 Å². The summed E-state index contributed by atoms with van der Waals surface area (Å²) in [5.41, 5.74) is 7.15. The Morgan fingerprint density at radius 1 is 0.333 bits per heavy atom. The molecule has 0 aliphatic carbocycles. The lowest BCUT2D eigenvalue weighted by atomic mass is 9.80. The number of furan rings is 1. The summed E-state index contributed by atoms with van der Waals surface area (Å²) in [6.45, 7) is 0. The number of fused-ring (bicyclic) bond motifs is 5. The number of hydrogen-bond donors (Lipinski definition) is 0. The summed E-state index contributed by atoms with van der Waals surface area (Å²) >= 11 is 0. The van der Waals surface area contributed by atoms with E-state index < -0.39 is 18.1 Å². The van der Waals surface area contributed by atoms with Gasteiger partial charge in [-0.1, -0.05) is 176 Å². The average molecular weight is 658 g/mol. The lowest BCUT2D eigenvalue weighted by Gasteiger charge is -2.22. The van der Waals surface area contributed by atoms with Gasteiger partial charge in [-0.25, -0.2) is 0 Å². The van der Waals surface area contributed by atoms with Crippen LogP contribution in [0.25, 0.3) is 99.1 Å². The Hall–Kier alpha value is -6.70. The van der Waals surface area contributed by atoms with Crippen molar-refractivity contribution in [1.29, 1.82) is 0 Å². The number of rotatable bonds is 5. The van der Waals surface area contributed by atoms with Crippen molar-refractivity contribution in [3.63, 3.8) is 0 Å². The fourth-order valence-corrected chi connectivity index (χ4v) is 7.50. The van der Waals surface area contributed by atoms with Gasteiger partial charge in [0, 0.05) is 10.8 Å². The fourth-order valence-electron chi connectivity index (χ4n) is 7.50. The summed E-state index contributed by atoms with van der Waals surface area (Å²) in [6.07, 6.45) is 0. The van der Waals surface area contributed by atoms with Crippen LogP contribution in [0.1, 0.15) is 12.3 Å². The van der Waals surface area contributed by atoms with Gasteiger partial charge in [-0.2, -0.15) is 0 Å². The van der Waals surface area contributed by atoms with E-state index in [1.807, 2.05) is 121 Å². The van der Waals surface area contributed by atoms with E-state index in [9.17, 15) is 2.74 Å². The largest absolute Gasteiger partial charge is 0.456 e. The smallest absolute Gasteiger partial charge is 0.136 e. The molecule has 0 unspecified atom stereocenters. The highest BCUT2D eigenvalue weighted by Crippen LogP contribution is 2.50. The first-order valence-corrected chi connectivity index (χ1v) is 16.8. The van der Waals surface area contributed by atoms with Gasteiger partial charge in [-0.3, -0.25) is 0 Å². The highest BCUT2D eigenvalue weighted by Gasteiger charge is 2.23. The maximum absolute atomic E-state index is 9.43. The van der Waals surface area contributed by atoms with Gasteiger partial charge in [0.05, 0.1) is 12.3 Å². The van der Waals surface area contributed by atoms with Crippen LogP contribution in [0.3, 0.4) is 0 Å². The SMILES string of the molecule is [2H]c1cc(-c2c3ccccc3c(-c3c(-c4ccccc4)c([2H])c([2H])c([2H])c3-c3ccccc3)c3ccccc23)c2c(c1)oc1cc(-c3c([2H])c([2H])c([2H])c([2H])c3[2H])ccc12. The van der Waals surface area contributed by atoms with Gasteiger partial charge in [-0.15, -0.1) is 0 Å². The van der Waals surface area contributed by atoms with Crippen molar-refractivity contribution in [3.8, 4) is 55.6 Å². The first-order chi connectivity index (χ1) is 29.0. The zero-order chi connectivity index (χ0) is 41.6. The molecule has 0 radical (unpaired) electrons. The van der Waals surface area contributed by atoms with Crippen LogP contribution in [0.15, 0.2) is 198 Å². The van der Waals surface area contributed by atoms with Gasteiger partial charge < -0.3 is 4.42 Å². The molecule has 0 aliphatic heterocycles. The van der Waals surface area contributed by atoms with Crippen molar-refractivity contribution >= 4 is 43.5 Å². The van der Waals surface area contributed by atoms with E-state index in [0.717, 1.165) is 60.1 Å². The number of hydrogen-bond acceptors (Lipinski definition) is 1. The summed E-state index contributed by atoms with van der Waals surface area (Å²) in [7, 11) is 0. The molecule has 0 spiro atoms. The van der Waals surface area contributed by atoms with Crippen LogP contribution in [0.5, 0.6) is 0 Å². The number of benzene rings is 9. The van der Waals surface area contributed by atoms with E-state index in [2.05, 4.69) is 0 Å². The molecule has 1 nitrogen and oxygen atoms in total. The maximum Gasteiger partial charge on any atom is 0.136 e. The van der Waals surface area contributed by atoms with Crippen LogP contribution in [0.2, 0.25) is 0 Å². The Morgan fingerprint density at radius 2 is 0.902 bits per heavy atom. The van der Waals surface area contributed by atoms with E-state index in [1.54, 1.807) is 18.2 Å². The van der Waals surface area contributed by atoms with Crippen molar-refractivity contribution in [2.45, 2.75) is 0 Å². The van der Waals surface area contributed by atoms with Crippen LogP contribution in [0, 0.1) is 0 Å². The summed E-state index contributed by atoms with van der Waals surface area (Å²) < 4.78 is 85.2. The topological polar surface area (TPSA) is 13.1 Å². The van der Waals surface area contributed by atoms with Crippen molar-refractivity contribution in [3.05, 3.63) is 194 Å². The molecule has 0 aliphatic rings. The first kappa shape index (κ1) is 21.4. The van der Waals surface area contributed by atoms with Gasteiger partial charge in [0.15, 0.2) is 0 Å². The standard InChI is InChI=1S/C50H32O/c1-4-16-33(17-5-1)36-30-31-43-46(32-36)51-45-29-15-28-44(48(43)45)47-39-22-10-12-24-41(39)50(42-25-13-11-23-40(42)47)49-37(34-18-6-2-7-19-34)26-14-27-38(49)35-20-8-3-9-21-35/h1-32H/i1D,4D,5D,14D,15D,16D,17D,26D,27D. The molecule has 0 fully saturated rings. The zero-order valence-corrected chi connectivity index (χ0v) is 27.2. The second-order valence-corrected chi connectivity index (χ2v) is 12.5. The molecule has 10 rings (SSSR count). The highest BCUT2D eigenvalue weighted by molar-refractivity contribution is 6.27. The minimum Gasteiger partial charge on any atom is -0.456 e. The quantitative estimate of drug-likeness (QED) is 0.168. The highest BCUT2D eigenvalue weighted by atomic mass is 16.3. The third-order valence-corrected chi connectivity index (χ3v) is 9.67. The maximum atomic E-state index is 9.43. The Kier molecular flexibility index (Phi) is 5.04. The minimum atomic E-state index is -0.460. The van der Waals surface area contributed by atoms with E-state index in [1.165, 1.54) is 0 Å². The molecule has 0 bridgehead atoms. The normalized spacial score (nSPS) is 14.0. The molecule has 9 aromatic carbocycles. The molecule has 0 saturated heterocycles. The van der Waals surface area contributed by atoms with Gasteiger partial charge in [0.1, 0.15) is 11.2 Å². The predicted molar refractivity (Wildman–Crippen MR) is 216 cm³/mol. The van der Waals surface area contributed by atoms with Gasteiger partial charge >= 0.3 is 0 Å². The fraction of sp³-hybridized carbons (Fsp3) is 0. The second kappa shape index (κ2) is 12.0. The van der Waals surface area contributed by atoms with Gasteiger partial charge in [0.2, 0.25) is 0 Å². The van der Waals surface area contributed by atoms with Crippen molar-refractivity contribution < 1.29 is 16.8 Å². The third kappa shape index (κ3) is 4.78. The second-order valence-electron chi connectivity index (χ2n) is 12.5. The Labute approximate surface area is 309 Å². The molecule has 0 N–H and O–H groups in total. The monoisotopic (exact) mass is 657 g/mol. The van der Waals surface area contributed by atoms with Crippen LogP contribution in [0.4, 0.5) is 0 Å². The molecule has 1 heteroatoms. The molecule has 0 atom stereocenters. The Morgan fingerprint density at radius 3 is 1.51 bits per heavy atom.